The molecule has 4 aromatic carbocycles. The standard InChI is InChI=1S/C27H26O3/c1-17(19-13-15-25(29-3)23-11-7-5-9-21(19)23)27(28)18(2)20-14-16-26(30-4)24-12-8-6-10-22(20)24/h5-18H,1-4H3. The molecule has 0 aliphatic rings. The number of rotatable bonds is 6. The summed E-state index contributed by atoms with van der Waals surface area (Å²) in [6, 6.07) is 24.1. The highest BCUT2D eigenvalue weighted by atomic mass is 16.5. The van der Waals surface area contributed by atoms with E-state index in [1.54, 1.807) is 14.2 Å². The summed E-state index contributed by atoms with van der Waals surface area (Å²) in [6.07, 6.45) is 0. The van der Waals surface area contributed by atoms with Crippen LogP contribution >= 0.6 is 0 Å². The molecule has 0 bridgehead atoms. The van der Waals surface area contributed by atoms with Crippen molar-refractivity contribution < 1.29 is 14.3 Å². The first-order valence-electron chi connectivity index (χ1n) is 10.2. The van der Waals surface area contributed by atoms with E-state index >= 15 is 0 Å². The number of Topliss-reactive ketones (excluding diaryl/α,β-unsaturated/α-hetero) is 1. The predicted molar refractivity (Wildman–Crippen MR) is 123 cm³/mol. The lowest BCUT2D eigenvalue weighted by Crippen LogP contribution is -2.17. The molecule has 0 N–H and O–H groups in total. The minimum Gasteiger partial charge on any atom is -0.496 e. The van der Waals surface area contributed by atoms with Crippen molar-refractivity contribution in [1.29, 1.82) is 0 Å². The Morgan fingerprint density at radius 3 is 1.33 bits per heavy atom. The number of benzene rings is 4. The normalized spacial score (nSPS) is 13.2. The van der Waals surface area contributed by atoms with Crippen LogP contribution in [0.15, 0.2) is 72.8 Å². The highest BCUT2D eigenvalue weighted by Gasteiger charge is 2.26. The maximum absolute atomic E-state index is 13.6. The Balaban J connectivity index is 1.76. The van der Waals surface area contributed by atoms with Crippen LogP contribution in [0.1, 0.15) is 36.8 Å². The van der Waals surface area contributed by atoms with E-state index in [0.717, 1.165) is 44.2 Å². The number of methoxy groups -OCH3 is 2. The van der Waals surface area contributed by atoms with Gasteiger partial charge in [-0.3, -0.25) is 4.79 Å². The summed E-state index contributed by atoms with van der Waals surface area (Å²) in [7, 11) is 3.35. The Kier molecular flexibility index (Phi) is 5.45. The highest BCUT2D eigenvalue weighted by molar-refractivity contribution is 6.01. The summed E-state index contributed by atoms with van der Waals surface area (Å²) in [4.78, 5) is 13.6. The second kappa shape index (κ2) is 8.19. The van der Waals surface area contributed by atoms with Crippen LogP contribution in [0, 0.1) is 0 Å². The van der Waals surface area contributed by atoms with Crippen LogP contribution in [0.25, 0.3) is 21.5 Å². The topological polar surface area (TPSA) is 35.5 Å². The Labute approximate surface area is 177 Å². The van der Waals surface area contributed by atoms with E-state index in [0.29, 0.717) is 0 Å². The van der Waals surface area contributed by atoms with E-state index in [1.807, 2.05) is 74.5 Å². The van der Waals surface area contributed by atoms with E-state index in [4.69, 9.17) is 9.47 Å². The average molecular weight is 399 g/mol. The summed E-state index contributed by atoms with van der Waals surface area (Å²) in [5, 5.41) is 4.17. The molecule has 2 atom stereocenters. The molecule has 4 rings (SSSR count). The lowest BCUT2D eigenvalue weighted by Gasteiger charge is -2.21. The van der Waals surface area contributed by atoms with E-state index < -0.39 is 0 Å². The first kappa shape index (κ1) is 20.0. The zero-order chi connectivity index (χ0) is 21.3. The monoisotopic (exact) mass is 398 g/mol. The molecule has 3 heteroatoms. The van der Waals surface area contributed by atoms with E-state index in [-0.39, 0.29) is 17.6 Å². The van der Waals surface area contributed by atoms with Gasteiger partial charge in [0.15, 0.2) is 0 Å². The smallest absolute Gasteiger partial charge is 0.147 e. The van der Waals surface area contributed by atoms with E-state index in [2.05, 4.69) is 12.1 Å². The van der Waals surface area contributed by atoms with Crippen LogP contribution in [0.4, 0.5) is 0 Å². The molecule has 2 unspecified atom stereocenters. The molecule has 152 valence electrons. The van der Waals surface area contributed by atoms with Crippen molar-refractivity contribution in [3.63, 3.8) is 0 Å². The van der Waals surface area contributed by atoms with Crippen molar-refractivity contribution in [1.82, 2.24) is 0 Å². The van der Waals surface area contributed by atoms with Gasteiger partial charge >= 0.3 is 0 Å². The SMILES string of the molecule is COc1ccc(C(C)C(=O)C(C)c2ccc(OC)c3ccccc23)c2ccccc12. The molecule has 30 heavy (non-hydrogen) atoms. The first-order chi connectivity index (χ1) is 14.6. The average Bonchev–Trinajstić information content (AvgIpc) is 2.81. The van der Waals surface area contributed by atoms with Gasteiger partial charge in [0.05, 0.1) is 14.2 Å². The second-order valence-corrected chi connectivity index (χ2v) is 7.65. The lowest BCUT2D eigenvalue weighted by molar-refractivity contribution is -0.121. The van der Waals surface area contributed by atoms with Crippen molar-refractivity contribution in [2.45, 2.75) is 25.7 Å². The van der Waals surface area contributed by atoms with Crippen molar-refractivity contribution in [2.75, 3.05) is 14.2 Å². The zero-order valence-electron chi connectivity index (χ0n) is 17.8. The highest BCUT2D eigenvalue weighted by Crippen LogP contribution is 2.37. The van der Waals surface area contributed by atoms with Crippen LogP contribution in [-0.2, 0) is 4.79 Å². The zero-order valence-corrected chi connectivity index (χ0v) is 17.8. The number of hydrogen-bond donors (Lipinski definition) is 0. The van der Waals surface area contributed by atoms with Gasteiger partial charge in [-0.1, -0.05) is 74.5 Å². The van der Waals surface area contributed by atoms with Gasteiger partial charge in [-0.05, 0) is 34.0 Å². The van der Waals surface area contributed by atoms with Gasteiger partial charge in [-0.25, -0.2) is 0 Å². The summed E-state index contributed by atoms with van der Waals surface area (Å²) >= 11 is 0. The molecule has 0 saturated carbocycles. The molecule has 4 aromatic rings. The van der Waals surface area contributed by atoms with Crippen LogP contribution < -0.4 is 9.47 Å². The molecule has 0 amide bonds. The minimum absolute atomic E-state index is 0.195. The Morgan fingerprint density at radius 1 is 0.600 bits per heavy atom. The van der Waals surface area contributed by atoms with Crippen molar-refractivity contribution in [3.05, 3.63) is 83.9 Å². The van der Waals surface area contributed by atoms with Crippen LogP contribution in [-0.4, -0.2) is 20.0 Å². The molecule has 0 saturated heterocycles. The first-order valence-corrected chi connectivity index (χ1v) is 10.2. The molecule has 0 aliphatic carbocycles. The molecular formula is C27H26O3. The molecule has 3 nitrogen and oxygen atoms in total. The van der Waals surface area contributed by atoms with E-state index in [9.17, 15) is 4.79 Å². The number of ether oxygens (including phenoxy) is 2. The molecule has 0 aromatic heterocycles. The Bertz CT molecular complexity index is 1130. The number of ketones is 1. The summed E-state index contributed by atoms with van der Waals surface area (Å²) in [5.74, 6) is 1.36. The third kappa shape index (κ3) is 3.30. The molecule has 0 radical (unpaired) electrons. The fourth-order valence-corrected chi connectivity index (χ4v) is 4.38. The molecular weight excluding hydrogens is 372 g/mol. The molecule has 0 spiro atoms. The van der Waals surface area contributed by atoms with Crippen molar-refractivity contribution >= 4 is 27.3 Å². The van der Waals surface area contributed by atoms with Gasteiger partial charge < -0.3 is 9.47 Å². The number of fused-ring (bicyclic) bond motifs is 2. The quantitative estimate of drug-likeness (QED) is 0.372. The third-order valence-electron chi connectivity index (χ3n) is 6.06. The maximum Gasteiger partial charge on any atom is 0.147 e. The lowest BCUT2D eigenvalue weighted by atomic mass is 9.82. The Hall–Kier alpha value is -3.33. The van der Waals surface area contributed by atoms with Gasteiger partial charge in [-0.15, -0.1) is 0 Å². The van der Waals surface area contributed by atoms with Crippen LogP contribution in [0.2, 0.25) is 0 Å². The van der Waals surface area contributed by atoms with E-state index in [1.165, 1.54) is 0 Å². The van der Waals surface area contributed by atoms with Crippen LogP contribution in [0.3, 0.4) is 0 Å². The Morgan fingerprint density at radius 2 is 0.967 bits per heavy atom. The van der Waals surface area contributed by atoms with Gasteiger partial charge in [0.1, 0.15) is 17.3 Å². The maximum atomic E-state index is 13.6. The van der Waals surface area contributed by atoms with Gasteiger partial charge in [0.25, 0.3) is 0 Å². The summed E-state index contributed by atoms with van der Waals surface area (Å²) < 4.78 is 11.0. The molecule has 0 heterocycles. The molecule has 0 fully saturated rings. The minimum atomic E-state index is -0.239. The number of carbonyl (C=O) groups is 1. The molecule has 0 aliphatic heterocycles. The second-order valence-electron chi connectivity index (χ2n) is 7.65. The predicted octanol–water partition coefficient (Wildman–Crippen LogP) is 6.49. The van der Waals surface area contributed by atoms with Gasteiger partial charge in [0, 0.05) is 22.6 Å². The van der Waals surface area contributed by atoms with Crippen molar-refractivity contribution in [2.24, 2.45) is 0 Å². The van der Waals surface area contributed by atoms with Gasteiger partial charge in [0.2, 0.25) is 0 Å². The summed E-state index contributed by atoms with van der Waals surface area (Å²) in [6.45, 7) is 4.00. The van der Waals surface area contributed by atoms with Crippen LogP contribution in [0.5, 0.6) is 11.5 Å². The van der Waals surface area contributed by atoms with Gasteiger partial charge in [-0.2, -0.15) is 0 Å². The largest absolute Gasteiger partial charge is 0.496 e. The fraction of sp³-hybridized carbons (Fsp3) is 0.222. The summed E-state index contributed by atoms with van der Waals surface area (Å²) in [5.41, 5.74) is 2.06. The fourth-order valence-electron chi connectivity index (χ4n) is 4.38. The third-order valence-corrected chi connectivity index (χ3v) is 6.06. The number of hydrogen-bond acceptors (Lipinski definition) is 3. The van der Waals surface area contributed by atoms with Crippen molar-refractivity contribution in [3.8, 4) is 11.5 Å². The number of carbonyl (C=O) groups excluding carboxylic acids is 1.